The Morgan fingerprint density at radius 1 is 1.18 bits per heavy atom. The van der Waals surface area contributed by atoms with Crippen LogP contribution < -0.4 is 16.1 Å². The SMILES string of the molecule is O=CC(=O)C1=CNc2cc(-n3ccc(=O)cc3)c(Cl)cc2N1. The van der Waals surface area contributed by atoms with Crippen molar-refractivity contribution in [3.63, 3.8) is 0 Å². The summed E-state index contributed by atoms with van der Waals surface area (Å²) in [6.45, 7) is 0. The van der Waals surface area contributed by atoms with Crippen LogP contribution in [0.25, 0.3) is 5.69 Å². The second-order valence-electron chi connectivity index (χ2n) is 4.60. The molecule has 1 aliphatic heterocycles. The van der Waals surface area contributed by atoms with Gasteiger partial charge in [0.1, 0.15) is 5.70 Å². The van der Waals surface area contributed by atoms with Crippen LogP contribution in [0.5, 0.6) is 0 Å². The van der Waals surface area contributed by atoms with E-state index < -0.39 is 5.78 Å². The molecule has 22 heavy (non-hydrogen) atoms. The number of pyridine rings is 1. The highest BCUT2D eigenvalue weighted by Crippen LogP contribution is 2.34. The summed E-state index contributed by atoms with van der Waals surface area (Å²) >= 11 is 6.26. The van der Waals surface area contributed by atoms with E-state index in [1.807, 2.05) is 0 Å². The monoisotopic (exact) mass is 315 g/mol. The lowest BCUT2D eigenvalue weighted by Crippen LogP contribution is -2.18. The number of benzene rings is 1. The van der Waals surface area contributed by atoms with Crippen molar-refractivity contribution >= 4 is 35.0 Å². The molecule has 0 spiro atoms. The van der Waals surface area contributed by atoms with E-state index in [2.05, 4.69) is 10.6 Å². The first kappa shape index (κ1) is 14.1. The molecule has 3 rings (SSSR count). The third-order valence-corrected chi connectivity index (χ3v) is 3.48. The normalized spacial score (nSPS) is 12.5. The standard InChI is InChI=1S/C15H10ClN3O3/c16-10-5-12-11(17-7-13(18-12)15(22)8-20)6-14(10)19-3-1-9(21)2-4-19/h1-8,17-18H. The Labute approximate surface area is 130 Å². The number of hydrogen-bond acceptors (Lipinski definition) is 5. The molecule has 1 aliphatic rings. The summed E-state index contributed by atoms with van der Waals surface area (Å²) in [5.74, 6) is -0.654. The van der Waals surface area contributed by atoms with Gasteiger partial charge in [0.05, 0.1) is 22.1 Å². The van der Waals surface area contributed by atoms with E-state index in [9.17, 15) is 14.4 Å². The molecular weight excluding hydrogens is 306 g/mol. The van der Waals surface area contributed by atoms with Gasteiger partial charge in [0.2, 0.25) is 5.78 Å². The summed E-state index contributed by atoms with van der Waals surface area (Å²) in [5.41, 5.74) is 2.01. The molecule has 0 unspecified atom stereocenters. The molecule has 110 valence electrons. The number of allylic oxidation sites excluding steroid dienone is 1. The van der Waals surface area contributed by atoms with Gasteiger partial charge in [-0.3, -0.25) is 14.4 Å². The summed E-state index contributed by atoms with van der Waals surface area (Å²) in [5, 5.41) is 6.22. The summed E-state index contributed by atoms with van der Waals surface area (Å²) in [4.78, 5) is 33.1. The molecule has 2 N–H and O–H groups in total. The molecular formula is C15H10ClN3O3. The number of halogens is 1. The second-order valence-corrected chi connectivity index (χ2v) is 5.01. The highest BCUT2D eigenvalue weighted by Gasteiger charge is 2.17. The molecule has 0 saturated heterocycles. The maximum atomic E-state index is 11.4. The van der Waals surface area contributed by atoms with Crippen LogP contribution in [-0.4, -0.2) is 16.6 Å². The fourth-order valence-corrected chi connectivity index (χ4v) is 2.34. The third kappa shape index (κ3) is 2.51. The smallest absolute Gasteiger partial charge is 0.242 e. The van der Waals surface area contributed by atoms with Crippen LogP contribution in [0.4, 0.5) is 11.4 Å². The summed E-state index contributed by atoms with van der Waals surface area (Å²) in [6.07, 6.45) is 4.89. The molecule has 0 saturated carbocycles. The predicted molar refractivity (Wildman–Crippen MR) is 83.4 cm³/mol. The Hall–Kier alpha value is -2.86. The zero-order valence-corrected chi connectivity index (χ0v) is 11.9. The van der Waals surface area contributed by atoms with Gasteiger partial charge < -0.3 is 15.2 Å². The van der Waals surface area contributed by atoms with E-state index >= 15 is 0 Å². The van der Waals surface area contributed by atoms with Gasteiger partial charge in [-0.25, -0.2) is 0 Å². The molecule has 0 bridgehead atoms. The zero-order chi connectivity index (χ0) is 15.7. The molecule has 0 amide bonds. The lowest BCUT2D eigenvalue weighted by atomic mass is 10.1. The van der Waals surface area contributed by atoms with Crippen LogP contribution in [0.15, 0.2) is 53.4 Å². The number of rotatable bonds is 3. The summed E-state index contributed by atoms with van der Waals surface area (Å²) in [6, 6.07) is 6.28. The Bertz CT molecular complexity index is 850. The highest BCUT2D eigenvalue weighted by molar-refractivity contribution is 6.35. The number of Topliss-reactive ketones (excluding diaryl/α,β-unsaturated/α-hetero) is 1. The number of carbonyl (C=O) groups excluding carboxylic acids is 2. The maximum Gasteiger partial charge on any atom is 0.242 e. The minimum absolute atomic E-state index is 0.0925. The predicted octanol–water partition coefficient (Wildman–Crippen LogP) is 1.94. The number of aromatic nitrogens is 1. The van der Waals surface area contributed by atoms with Crippen LogP contribution in [0.2, 0.25) is 5.02 Å². The lowest BCUT2D eigenvalue weighted by Gasteiger charge is -2.21. The highest BCUT2D eigenvalue weighted by atomic mass is 35.5. The van der Waals surface area contributed by atoms with Crippen molar-refractivity contribution in [1.82, 2.24) is 4.57 Å². The van der Waals surface area contributed by atoms with E-state index in [0.717, 1.165) is 0 Å². The molecule has 1 aromatic heterocycles. The third-order valence-electron chi connectivity index (χ3n) is 3.18. The quantitative estimate of drug-likeness (QED) is 0.668. The average Bonchev–Trinajstić information content (AvgIpc) is 2.54. The fraction of sp³-hybridized carbons (Fsp3) is 0. The number of hydrogen-bond donors (Lipinski definition) is 2. The number of anilines is 2. The van der Waals surface area contributed by atoms with Gasteiger partial charge in [-0.15, -0.1) is 0 Å². The largest absolute Gasteiger partial charge is 0.358 e. The first-order valence-corrected chi connectivity index (χ1v) is 6.72. The van der Waals surface area contributed by atoms with Crippen molar-refractivity contribution < 1.29 is 9.59 Å². The fourth-order valence-electron chi connectivity index (χ4n) is 2.08. The van der Waals surface area contributed by atoms with Crippen LogP contribution in [0.3, 0.4) is 0 Å². The van der Waals surface area contributed by atoms with Crippen molar-refractivity contribution in [1.29, 1.82) is 0 Å². The number of nitrogens with one attached hydrogen (secondary N) is 2. The number of fused-ring (bicyclic) bond motifs is 1. The molecule has 0 fully saturated rings. The van der Waals surface area contributed by atoms with E-state index in [4.69, 9.17) is 11.6 Å². The van der Waals surface area contributed by atoms with Gasteiger partial charge in [-0.2, -0.15) is 0 Å². The molecule has 2 heterocycles. The number of aldehydes is 1. The minimum Gasteiger partial charge on any atom is -0.358 e. The Morgan fingerprint density at radius 3 is 2.59 bits per heavy atom. The van der Waals surface area contributed by atoms with Crippen LogP contribution >= 0.6 is 11.6 Å². The van der Waals surface area contributed by atoms with Gasteiger partial charge >= 0.3 is 0 Å². The first-order chi connectivity index (χ1) is 10.6. The molecule has 2 aromatic rings. The van der Waals surface area contributed by atoms with Gasteiger partial charge in [0.25, 0.3) is 0 Å². The second kappa shape index (κ2) is 5.50. The maximum absolute atomic E-state index is 11.4. The molecule has 0 aliphatic carbocycles. The van der Waals surface area contributed by atoms with Gasteiger partial charge in [-0.05, 0) is 12.1 Å². The number of ketones is 1. The van der Waals surface area contributed by atoms with E-state index in [-0.39, 0.29) is 17.4 Å². The molecule has 0 atom stereocenters. The van der Waals surface area contributed by atoms with Crippen LogP contribution in [-0.2, 0) is 9.59 Å². The van der Waals surface area contributed by atoms with Crippen molar-refractivity contribution in [2.75, 3.05) is 10.6 Å². The first-order valence-electron chi connectivity index (χ1n) is 6.34. The molecule has 1 aromatic carbocycles. The van der Waals surface area contributed by atoms with E-state index in [0.29, 0.717) is 22.1 Å². The van der Waals surface area contributed by atoms with Crippen molar-refractivity contribution in [3.8, 4) is 5.69 Å². The van der Waals surface area contributed by atoms with Gasteiger partial charge in [-0.1, -0.05) is 11.6 Å². The zero-order valence-electron chi connectivity index (χ0n) is 11.2. The topological polar surface area (TPSA) is 80.2 Å². The Morgan fingerprint density at radius 2 is 1.91 bits per heavy atom. The lowest BCUT2D eigenvalue weighted by molar-refractivity contribution is -0.127. The summed E-state index contributed by atoms with van der Waals surface area (Å²) < 4.78 is 1.71. The minimum atomic E-state index is -0.654. The Balaban J connectivity index is 2.01. The van der Waals surface area contributed by atoms with Crippen molar-refractivity contribution in [2.45, 2.75) is 0 Å². The number of carbonyl (C=O) groups is 2. The van der Waals surface area contributed by atoms with E-state index in [1.165, 1.54) is 18.3 Å². The van der Waals surface area contributed by atoms with Gasteiger partial charge in [0, 0.05) is 30.7 Å². The molecule has 7 heteroatoms. The average molecular weight is 316 g/mol. The molecule has 0 radical (unpaired) electrons. The van der Waals surface area contributed by atoms with Gasteiger partial charge in [0.15, 0.2) is 11.7 Å². The Kier molecular flexibility index (Phi) is 3.52. The van der Waals surface area contributed by atoms with E-state index in [1.54, 1.807) is 29.1 Å². The van der Waals surface area contributed by atoms with Crippen molar-refractivity contribution in [3.05, 3.63) is 63.8 Å². The molecule has 6 nitrogen and oxygen atoms in total. The number of nitrogens with zero attached hydrogens (tertiary/aromatic N) is 1. The summed E-state index contributed by atoms with van der Waals surface area (Å²) in [7, 11) is 0. The van der Waals surface area contributed by atoms with Crippen molar-refractivity contribution in [2.24, 2.45) is 0 Å². The van der Waals surface area contributed by atoms with Crippen LogP contribution in [0.1, 0.15) is 0 Å². The van der Waals surface area contributed by atoms with Crippen LogP contribution in [0, 0.1) is 0 Å².